The van der Waals surface area contributed by atoms with Gasteiger partial charge in [0.25, 0.3) is 0 Å². The predicted molar refractivity (Wildman–Crippen MR) is 51.9 cm³/mol. The number of aromatic nitrogens is 2. The minimum Gasteiger partial charge on any atom is -0.405 e. The second kappa shape index (κ2) is 3.33. The molecule has 0 amide bonds. The lowest BCUT2D eigenvalue weighted by Crippen LogP contribution is -2.20. The van der Waals surface area contributed by atoms with Crippen LogP contribution in [0.3, 0.4) is 0 Å². The summed E-state index contributed by atoms with van der Waals surface area (Å²) in [6.07, 6.45) is 4.98. The highest BCUT2D eigenvalue weighted by molar-refractivity contribution is 5.45. The van der Waals surface area contributed by atoms with Crippen LogP contribution < -0.4 is 16.5 Å². The van der Waals surface area contributed by atoms with Gasteiger partial charge in [0.15, 0.2) is 5.55 Å². The van der Waals surface area contributed by atoms with Crippen molar-refractivity contribution in [3.63, 3.8) is 0 Å². The molecule has 4 nitrogen and oxygen atoms in total. The number of aromatic amines is 1. The van der Waals surface area contributed by atoms with E-state index in [1.165, 1.54) is 0 Å². The smallest absolute Gasteiger partial charge is 0.361 e. The molecule has 4 heteroatoms. The van der Waals surface area contributed by atoms with Crippen molar-refractivity contribution in [3.8, 4) is 0 Å². The number of nitrogens with zero attached hydrogens (tertiary/aromatic N) is 1. The lowest BCUT2D eigenvalue weighted by Gasteiger charge is -1.86. The first-order chi connectivity index (χ1) is 6.75. The third-order valence-corrected chi connectivity index (χ3v) is 1.71. The van der Waals surface area contributed by atoms with Crippen LogP contribution in [0.4, 0.5) is 0 Å². The zero-order valence-electron chi connectivity index (χ0n) is 7.36. The van der Waals surface area contributed by atoms with Crippen molar-refractivity contribution in [2.75, 3.05) is 0 Å². The average Bonchev–Trinajstić information content (AvgIpc) is 2.47. The summed E-state index contributed by atoms with van der Waals surface area (Å²) in [5, 5.41) is 0.378. The Morgan fingerprint density at radius 1 is 1.57 bits per heavy atom. The van der Waals surface area contributed by atoms with Crippen LogP contribution in [0, 0.1) is 0 Å². The predicted octanol–water partition coefficient (Wildman–Crippen LogP) is -0.398. The Balaban J connectivity index is 2.61. The fraction of sp³-hybridized carbons (Fsp3) is 0. The molecule has 1 N–H and O–H groups in total. The van der Waals surface area contributed by atoms with Crippen LogP contribution in [0.2, 0.25) is 0 Å². The van der Waals surface area contributed by atoms with Gasteiger partial charge in [-0.05, 0) is 24.3 Å². The molecule has 2 aromatic heterocycles. The van der Waals surface area contributed by atoms with Gasteiger partial charge in [0.05, 0.1) is 0 Å². The molecule has 14 heavy (non-hydrogen) atoms. The molecule has 0 aromatic carbocycles. The van der Waals surface area contributed by atoms with Gasteiger partial charge < -0.3 is 9.40 Å². The van der Waals surface area contributed by atoms with Crippen molar-refractivity contribution in [2.24, 2.45) is 0 Å². The molecule has 0 aliphatic carbocycles. The van der Waals surface area contributed by atoms with Crippen LogP contribution in [0.15, 0.2) is 33.7 Å². The first kappa shape index (κ1) is 8.50. The maximum atomic E-state index is 11.2. The molecule has 70 valence electrons. The first-order valence-corrected chi connectivity index (χ1v) is 4.05. The molecular formula is C10H8N2O2. The van der Waals surface area contributed by atoms with E-state index in [9.17, 15) is 4.79 Å². The van der Waals surface area contributed by atoms with Crippen molar-refractivity contribution in [2.45, 2.75) is 0 Å². The van der Waals surface area contributed by atoms with Gasteiger partial charge in [-0.15, -0.1) is 0 Å². The molecule has 2 heterocycles. The van der Waals surface area contributed by atoms with Crippen LogP contribution in [-0.4, -0.2) is 9.97 Å². The van der Waals surface area contributed by atoms with Gasteiger partial charge >= 0.3 is 5.63 Å². The Morgan fingerprint density at radius 2 is 2.43 bits per heavy atom. The van der Waals surface area contributed by atoms with Gasteiger partial charge in [-0.25, -0.2) is 4.79 Å². The molecule has 0 atom stereocenters. The number of pyridine rings is 1. The quantitative estimate of drug-likeness (QED) is 0.662. The van der Waals surface area contributed by atoms with E-state index < -0.39 is 5.63 Å². The number of H-pyrrole nitrogens is 1. The SMILES string of the molecule is C=c1[nH]c(=Cc2cccnc2)c(=O)o1. The minimum absolute atomic E-state index is 0.255. The fourth-order valence-electron chi connectivity index (χ4n) is 1.12. The van der Waals surface area contributed by atoms with Crippen LogP contribution in [0.5, 0.6) is 0 Å². The zero-order valence-corrected chi connectivity index (χ0v) is 7.36. The van der Waals surface area contributed by atoms with Crippen molar-refractivity contribution in [3.05, 3.63) is 51.4 Å². The summed E-state index contributed by atoms with van der Waals surface area (Å²) in [6.45, 7) is 3.49. The van der Waals surface area contributed by atoms with Crippen LogP contribution >= 0.6 is 0 Å². The summed E-state index contributed by atoms with van der Waals surface area (Å²) < 4.78 is 4.71. The van der Waals surface area contributed by atoms with Gasteiger partial charge in [0.2, 0.25) is 0 Å². The third kappa shape index (κ3) is 1.64. The highest BCUT2D eigenvalue weighted by atomic mass is 16.4. The molecule has 0 unspecified atom stereocenters. The van der Waals surface area contributed by atoms with Crippen molar-refractivity contribution in [1.29, 1.82) is 0 Å². The van der Waals surface area contributed by atoms with Gasteiger partial charge in [-0.2, -0.15) is 0 Å². The Bertz CT molecular complexity index is 581. The van der Waals surface area contributed by atoms with E-state index in [1.54, 1.807) is 24.5 Å². The Morgan fingerprint density at radius 3 is 3.00 bits per heavy atom. The molecule has 0 aliphatic heterocycles. The molecule has 2 aromatic rings. The maximum Gasteiger partial charge on any atom is 0.361 e. The van der Waals surface area contributed by atoms with Crippen molar-refractivity contribution >= 4 is 12.7 Å². The fourth-order valence-corrected chi connectivity index (χ4v) is 1.12. The van der Waals surface area contributed by atoms with E-state index in [4.69, 9.17) is 4.42 Å². The van der Waals surface area contributed by atoms with Crippen LogP contribution in [-0.2, 0) is 0 Å². The highest BCUT2D eigenvalue weighted by Gasteiger charge is 1.93. The molecule has 2 rings (SSSR count). The minimum atomic E-state index is -0.418. The lowest BCUT2D eigenvalue weighted by molar-refractivity contribution is 0.488. The van der Waals surface area contributed by atoms with Crippen molar-refractivity contribution in [1.82, 2.24) is 9.97 Å². The molecule has 0 fully saturated rings. The summed E-state index contributed by atoms with van der Waals surface area (Å²) in [5.74, 6) is 0. The molecule has 0 bridgehead atoms. The summed E-state index contributed by atoms with van der Waals surface area (Å²) in [6, 6.07) is 3.64. The number of hydrogen-bond acceptors (Lipinski definition) is 3. The second-order valence-electron chi connectivity index (χ2n) is 2.78. The number of hydrogen-bond donors (Lipinski definition) is 1. The highest BCUT2D eigenvalue weighted by Crippen LogP contribution is 1.93. The Kier molecular flexibility index (Phi) is 2.02. The van der Waals surface area contributed by atoms with Gasteiger partial charge in [0.1, 0.15) is 5.35 Å². The topological polar surface area (TPSA) is 58.9 Å². The second-order valence-corrected chi connectivity index (χ2v) is 2.78. The lowest BCUT2D eigenvalue weighted by atomic mass is 10.3. The van der Waals surface area contributed by atoms with Crippen molar-refractivity contribution < 1.29 is 4.42 Å². The normalized spacial score (nSPS) is 11.9. The van der Waals surface area contributed by atoms with Gasteiger partial charge in [-0.3, -0.25) is 4.98 Å². The van der Waals surface area contributed by atoms with E-state index in [-0.39, 0.29) is 5.55 Å². The Hall–Kier alpha value is -2.10. The largest absolute Gasteiger partial charge is 0.405 e. The monoisotopic (exact) mass is 188 g/mol. The Labute approximate surface area is 79.2 Å². The summed E-state index contributed by atoms with van der Waals surface area (Å²) in [4.78, 5) is 17.8. The molecule has 0 aliphatic rings. The maximum absolute atomic E-state index is 11.2. The van der Waals surface area contributed by atoms with Crippen LogP contribution in [0.25, 0.3) is 12.7 Å². The van der Waals surface area contributed by atoms with E-state index in [1.807, 2.05) is 6.07 Å². The third-order valence-electron chi connectivity index (χ3n) is 1.71. The molecule has 0 saturated carbocycles. The summed E-state index contributed by atoms with van der Waals surface area (Å²) in [7, 11) is 0. The zero-order chi connectivity index (χ0) is 9.97. The molecule has 0 spiro atoms. The van der Waals surface area contributed by atoms with Crippen LogP contribution in [0.1, 0.15) is 5.56 Å². The number of oxazole rings is 1. The van der Waals surface area contributed by atoms with E-state index in [2.05, 4.69) is 16.5 Å². The van der Waals surface area contributed by atoms with E-state index in [0.717, 1.165) is 5.56 Å². The van der Waals surface area contributed by atoms with Gasteiger partial charge in [0, 0.05) is 12.4 Å². The number of nitrogens with one attached hydrogen (secondary N) is 1. The first-order valence-electron chi connectivity index (χ1n) is 4.05. The molecular weight excluding hydrogens is 180 g/mol. The summed E-state index contributed by atoms with van der Waals surface area (Å²) >= 11 is 0. The van der Waals surface area contributed by atoms with Gasteiger partial charge in [-0.1, -0.05) is 6.07 Å². The standard InChI is InChI=1S/C10H8N2O2/c1-7-12-9(10(13)14-7)5-8-3-2-4-11-6-8/h2-6,12H,1H2. The summed E-state index contributed by atoms with van der Waals surface area (Å²) in [5.41, 5.74) is 0.672. The molecule has 0 radical (unpaired) electrons. The average molecular weight is 188 g/mol. The number of rotatable bonds is 1. The van der Waals surface area contributed by atoms with E-state index >= 15 is 0 Å². The van der Waals surface area contributed by atoms with E-state index in [0.29, 0.717) is 5.35 Å². The molecule has 0 saturated heterocycles.